The van der Waals surface area contributed by atoms with Crippen molar-refractivity contribution < 1.29 is 9.90 Å². The standard InChI is InChI=1S/C19H26N2O2S/c1-19(2,23)14-21(3)12-11-17(22)20-18(16-10-7-13-24-16)15-8-5-4-6-9-15/h4-10,13,18,23H,11-12,14H2,1-3H3,(H,20,22). The fourth-order valence-corrected chi connectivity index (χ4v) is 3.49. The largest absolute Gasteiger partial charge is 0.389 e. The van der Waals surface area contributed by atoms with Gasteiger partial charge in [0.2, 0.25) is 5.91 Å². The van der Waals surface area contributed by atoms with Crippen LogP contribution in [0.3, 0.4) is 0 Å². The third kappa shape index (κ3) is 6.07. The molecule has 2 N–H and O–H groups in total. The van der Waals surface area contributed by atoms with Crippen LogP contribution in [0.2, 0.25) is 0 Å². The van der Waals surface area contributed by atoms with E-state index < -0.39 is 5.60 Å². The zero-order valence-electron chi connectivity index (χ0n) is 14.5. The van der Waals surface area contributed by atoms with E-state index in [1.807, 2.05) is 59.8 Å². The van der Waals surface area contributed by atoms with E-state index in [9.17, 15) is 9.90 Å². The number of thiophene rings is 1. The number of carbonyl (C=O) groups is 1. The molecular weight excluding hydrogens is 320 g/mol. The molecule has 0 aliphatic rings. The Kier molecular flexibility index (Phi) is 6.54. The summed E-state index contributed by atoms with van der Waals surface area (Å²) in [6, 6.07) is 13.9. The highest BCUT2D eigenvalue weighted by Gasteiger charge is 2.19. The summed E-state index contributed by atoms with van der Waals surface area (Å²) in [6.45, 7) is 4.69. The molecule has 0 saturated carbocycles. The van der Waals surface area contributed by atoms with Gasteiger partial charge in [-0.15, -0.1) is 11.3 Å². The Balaban J connectivity index is 1.96. The Morgan fingerprint density at radius 1 is 1.25 bits per heavy atom. The number of benzene rings is 1. The van der Waals surface area contributed by atoms with E-state index in [1.54, 1.807) is 25.2 Å². The van der Waals surface area contributed by atoms with Crippen molar-refractivity contribution in [2.45, 2.75) is 31.9 Å². The van der Waals surface area contributed by atoms with E-state index in [1.165, 1.54) is 0 Å². The second-order valence-electron chi connectivity index (χ2n) is 6.73. The molecule has 1 heterocycles. The van der Waals surface area contributed by atoms with Gasteiger partial charge in [-0.2, -0.15) is 0 Å². The van der Waals surface area contributed by atoms with Crippen molar-refractivity contribution in [1.29, 1.82) is 0 Å². The number of nitrogens with one attached hydrogen (secondary N) is 1. The maximum absolute atomic E-state index is 12.4. The number of rotatable bonds is 8. The van der Waals surface area contributed by atoms with Crippen molar-refractivity contribution in [1.82, 2.24) is 10.2 Å². The van der Waals surface area contributed by atoms with E-state index in [2.05, 4.69) is 5.32 Å². The normalized spacial score (nSPS) is 13.0. The molecule has 1 amide bonds. The minimum Gasteiger partial charge on any atom is -0.389 e. The smallest absolute Gasteiger partial charge is 0.222 e. The summed E-state index contributed by atoms with van der Waals surface area (Å²) in [5.41, 5.74) is 0.326. The molecule has 5 heteroatoms. The van der Waals surface area contributed by atoms with Crippen LogP contribution >= 0.6 is 11.3 Å². The molecule has 0 bridgehead atoms. The molecule has 0 spiro atoms. The Labute approximate surface area is 148 Å². The number of carbonyl (C=O) groups excluding carboxylic acids is 1. The number of amides is 1. The maximum atomic E-state index is 12.4. The van der Waals surface area contributed by atoms with Crippen LogP contribution in [-0.4, -0.2) is 41.7 Å². The summed E-state index contributed by atoms with van der Waals surface area (Å²) in [4.78, 5) is 15.5. The molecule has 4 nitrogen and oxygen atoms in total. The van der Waals surface area contributed by atoms with Gasteiger partial charge < -0.3 is 15.3 Å². The molecule has 1 unspecified atom stereocenters. The molecule has 1 aromatic carbocycles. The van der Waals surface area contributed by atoms with Gasteiger partial charge in [0.25, 0.3) is 0 Å². The molecule has 0 fully saturated rings. The van der Waals surface area contributed by atoms with Gasteiger partial charge in [0.1, 0.15) is 0 Å². The van der Waals surface area contributed by atoms with Gasteiger partial charge in [0, 0.05) is 24.4 Å². The van der Waals surface area contributed by atoms with Crippen molar-refractivity contribution in [3.63, 3.8) is 0 Å². The Morgan fingerprint density at radius 2 is 1.96 bits per heavy atom. The third-order valence-electron chi connectivity index (χ3n) is 3.64. The van der Waals surface area contributed by atoms with Crippen LogP contribution in [0.25, 0.3) is 0 Å². The molecular formula is C19H26N2O2S. The van der Waals surface area contributed by atoms with Gasteiger partial charge >= 0.3 is 0 Å². The fourth-order valence-electron chi connectivity index (χ4n) is 2.68. The molecule has 1 aromatic heterocycles. The van der Waals surface area contributed by atoms with Crippen molar-refractivity contribution in [2.24, 2.45) is 0 Å². The lowest BCUT2D eigenvalue weighted by Gasteiger charge is -2.25. The van der Waals surface area contributed by atoms with Crippen LogP contribution in [0.15, 0.2) is 47.8 Å². The predicted molar refractivity (Wildman–Crippen MR) is 99.2 cm³/mol. The van der Waals surface area contributed by atoms with E-state index in [0.29, 0.717) is 19.5 Å². The highest BCUT2D eigenvalue weighted by molar-refractivity contribution is 7.10. The molecule has 0 radical (unpaired) electrons. The van der Waals surface area contributed by atoms with E-state index in [0.717, 1.165) is 10.4 Å². The zero-order valence-corrected chi connectivity index (χ0v) is 15.3. The van der Waals surface area contributed by atoms with Crippen LogP contribution < -0.4 is 5.32 Å². The van der Waals surface area contributed by atoms with Crippen molar-refractivity contribution in [3.8, 4) is 0 Å². The molecule has 0 aliphatic carbocycles. The summed E-state index contributed by atoms with van der Waals surface area (Å²) in [7, 11) is 1.92. The summed E-state index contributed by atoms with van der Waals surface area (Å²) in [6.07, 6.45) is 0.404. The Bertz CT molecular complexity index is 621. The van der Waals surface area contributed by atoms with Crippen LogP contribution in [0.4, 0.5) is 0 Å². The predicted octanol–water partition coefficient (Wildman–Crippen LogP) is 3.05. The fraction of sp³-hybridized carbons (Fsp3) is 0.421. The quantitative estimate of drug-likeness (QED) is 0.772. The summed E-state index contributed by atoms with van der Waals surface area (Å²) < 4.78 is 0. The molecule has 24 heavy (non-hydrogen) atoms. The maximum Gasteiger partial charge on any atom is 0.222 e. The van der Waals surface area contributed by atoms with Crippen molar-refractivity contribution in [2.75, 3.05) is 20.1 Å². The SMILES string of the molecule is CN(CCC(=O)NC(c1ccccc1)c1cccs1)CC(C)(C)O. The van der Waals surface area contributed by atoms with Crippen LogP contribution in [-0.2, 0) is 4.79 Å². The average Bonchev–Trinajstić information content (AvgIpc) is 3.04. The first kappa shape index (κ1) is 18.6. The number of nitrogens with zero attached hydrogens (tertiary/aromatic N) is 1. The van der Waals surface area contributed by atoms with Crippen LogP contribution in [0, 0.1) is 0 Å². The van der Waals surface area contributed by atoms with Gasteiger partial charge in [0.15, 0.2) is 0 Å². The monoisotopic (exact) mass is 346 g/mol. The van der Waals surface area contributed by atoms with Crippen LogP contribution in [0.1, 0.15) is 36.8 Å². The summed E-state index contributed by atoms with van der Waals surface area (Å²) in [5.74, 6) is 0.0137. The summed E-state index contributed by atoms with van der Waals surface area (Å²) in [5, 5.41) is 15.0. The topological polar surface area (TPSA) is 52.6 Å². The van der Waals surface area contributed by atoms with E-state index >= 15 is 0 Å². The molecule has 0 aliphatic heterocycles. The second kappa shape index (κ2) is 8.42. The highest BCUT2D eigenvalue weighted by atomic mass is 32.1. The number of hydrogen-bond donors (Lipinski definition) is 2. The van der Waals surface area contributed by atoms with E-state index in [-0.39, 0.29) is 11.9 Å². The lowest BCUT2D eigenvalue weighted by Crippen LogP contribution is -2.38. The number of likely N-dealkylation sites (N-methyl/N-ethyl adjacent to an activating group) is 1. The minimum absolute atomic E-state index is 0.0137. The number of hydrogen-bond acceptors (Lipinski definition) is 4. The average molecular weight is 346 g/mol. The first-order valence-electron chi connectivity index (χ1n) is 8.14. The van der Waals surface area contributed by atoms with Gasteiger partial charge in [-0.25, -0.2) is 0 Å². The lowest BCUT2D eigenvalue weighted by molar-refractivity contribution is -0.122. The molecule has 2 aromatic rings. The first-order chi connectivity index (χ1) is 11.3. The third-order valence-corrected chi connectivity index (χ3v) is 4.58. The molecule has 0 saturated heterocycles. The first-order valence-corrected chi connectivity index (χ1v) is 9.02. The van der Waals surface area contributed by atoms with Gasteiger partial charge in [-0.05, 0) is 37.9 Å². The van der Waals surface area contributed by atoms with Crippen LogP contribution in [0.5, 0.6) is 0 Å². The summed E-state index contributed by atoms with van der Waals surface area (Å²) >= 11 is 1.64. The Hall–Kier alpha value is -1.69. The zero-order chi connectivity index (χ0) is 17.6. The number of aliphatic hydroxyl groups is 1. The van der Waals surface area contributed by atoms with Gasteiger partial charge in [-0.1, -0.05) is 36.4 Å². The molecule has 130 valence electrons. The minimum atomic E-state index is -0.755. The van der Waals surface area contributed by atoms with Gasteiger partial charge in [-0.3, -0.25) is 4.79 Å². The molecule has 1 atom stereocenters. The van der Waals surface area contributed by atoms with Gasteiger partial charge in [0.05, 0.1) is 11.6 Å². The Morgan fingerprint density at radius 3 is 2.54 bits per heavy atom. The van der Waals surface area contributed by atoms with Crippen molar-refractivity contribution >= 4 is 17.2 Å². The van der Waals surface area contributed by atoms with E-state index in [4.69, 9.17) is 0 Å². The lowest BCUT2D eigenvalue weighted by atomic mass is 10.1. The second-order valence-corrected chi connectivity index (χ2v) is 7.71. The van der Waals surface area contributed by atoms with Crippen molar-refractivity contribution in [3.05, 3.63) is 58.3 Å². The highest BCUT2D eigenvalue weighted by Crippen LogP contribution is 2.25. The molecule has 2 rings (SSSR count).